The molecule has 2 aromatic rings. The highest BCUT2D eigenvalue weighted by Crippen LogP contribution is 2.22. The van der Waals surface area contributed by atoms with Gasteiger partial charge in [0.15, 0.2) is 0 Å². The zero-order valence-electron chi connectivity index (χ0n) is 15.9. The van der Waals surface area contributed by atoms with Gasteiger partial charge in [0.1, 0.15) is 19.0 Å². The smallest absolute Gasteiger partial charge is 0.338 e. The Bertz CT molecular complexity index is 856. The van der Waals surface area contributed by atoms with Crippen LogP contribution >= 0.6 is 0 Å². The van der Waals surface area contributed by atoms with Crippen molar-refractivity contribution in [1.29, 1.82) is 0 Å². The van der Waals surface area contributed by atoms with Gasteiger partial charge in [-0.2, -0.15) is 0 Å². The van der Waals surface area contributed by atoms with Gasteiger partial charge >= 0.3 is 12.0 Å². The van der Waals surface area contributed by atoms with Crippen LogP contribution in [0.2, 0.25) is 0 Å². The molecule has 1 fully saturated rings. The summed E-state index contributed by atoms with van der Waals surface area (Å²) in [6.45, 7) is 4.53. The van der Waals surface area contributed by atoms with Crippen molar-refractivity contribution in [2.24, 2.45) is 0 Å². The second-order valence-corrected chi connectivity index (χ2v) is 6.54. The van der Waals surface area contributed by atoms with Crippen LogP contribution in [-0.4, -0.2) is 42.6 Å². The molecule has 28 heavy (non-hydrogen) atoms. The van der Waals surface area contributed by atoms with Gasteiger partial charge < -0.3 is 14.8 Å². The van der Waals surface area contributed by atoms with Crippen molar-refractivity contribution in [1.82, 2.24) is 10.2 Å². The summed E-state index contributed by atoms with van der Waals surface area (Å²) < 4.78 is 11.0. The molecule has 0 aromatic heterocycles. The molecule has 3 amide bonds. The van der Waals surface area contributed by atoms with Gasteiger partial charge in [0.05, 0.1) is 18.7 Å². The fraction of sp³-hybridized carbons (Fsp3) is 0.286. The molecule has 146 valence electrons. The lowest BCUT2D eigenvalue weighted by Crippen LogP contribution is -2.30. The number of carbonyl (C=O) groups excluding carboxylic acids is 3. The molecular weight excluding hydrogens is 360 g/mol. The zero-order valence-corrected chi connectivity index (χ0v) is 15.9. The van der Waals surface area contributed by atoms with E-state index in [0.717, 1.165) is 27.3 Å². The predicted molar refractivity (Wildman–Crippen MR) is 102 cm³/mol. The van der Waals surface area contributed by atoms with Crippen molar-refractivity contribution in [3.05, 3.63) is 64.7 Å². The molecule has 7 nitrogen and oxygen atoms in total. The van der Waals surface area contributed by atoms with E-state index in [2.05, 4.69) is 5.32 Å². The molecule has 0 atom stereocenters. The second-order valence-electron chi connectivity index (χ2n) is 6.54. The Labute approximate surface area is 163 Å². The average molecular weight is 382 g/mol. The molecule has 1 N–H and O–H groups in total. The van der Waals surface area contributed by atoms with Gasteiger partial charge in [0.2, 0.25) is 5.91 Å². The number of esters is 1. The maximum Gasteiger partial charge on any atom is 0.338 e. The number of para-hydroxylation sites is 1. The van der Waals surface area contributed by atoms with Crippen LogP contribution in [0, 0.1) is 13.8 Å². The predicted octanol–water partition coefficient (Wildman–Crippen LogP) is 2.59. The average Bonchev–Trinajstić information content (AvgIpc) is 2.99. The van der Waals surface area contributed by atoms with Gasteiger partial charge in [-0.3, -0.25) is 9.69 Å². The van der Waals surface area contributed by atoms with Crippen molar-refractivity contribution in [2.75, 3.05) is 19.8 Å². The van der Waals surface area contributed by atoms with Crippen molar-refractivity contribution in [3.63, 3.8) is 0 Å². The van der Waals surface area contributed by atoms with Crippen LogP contribution in [0.5, 0.6) is 5.75 Å². The molecule has 2 aromatic carbocycles. The molecule has 1 heterocycles. The normalized spacial score (nSPS) is 13.4. The number of urea groups is 1. The summed E-state index contributed by atoms with van der Waals surface area (Å²) in [4.78, 5) is 36.5. The molecular formula is C21H22N2O5. The maximum absolute atomic E-state index is 12.1. The standard InChI is InChI=1S/C21H22N2O5/c1-14-4-3-5-15(2)19(14)27-10-11-28-20(25)17-8-6-16(7-9-17)13-23-18(24)12-22-21(23)26/h3-9H,10-13H2,1-2H3,(H,22,26). The fourth-order valence-corrected chi connectivity index (χ4v) is 2.93. The molecule has 3 rings (SSSR count). The minimum atomic E-state index is -0.452. The molecule has 0 unspecified atom stereocenters. The highest BCUT2D eigenvalue weighted by atomic mass is 16.6. The number of nitrogens with zero attached hydrogens (tertiary/aromatic N) is 1. The summed E-state index contributed by atoms with van der Waals surface area (Å²) in [5.41, 5.74) is 3.22. The Morgan fingerprint density at radius 2 is 1.71 bits per heavy atom. The number of rotatable bonds is 7. The van der Waals surface area contributed by atoms with Gasteiger partial charge in [0.25, 0.3) is 0 Å². The summed E-state index contributed by atoms with van der Waals surface area (Å²) >= 11 is 0. The van der Waals surface area contributed by atoms with Crippen LogP contribution in [0.15, 0.2) is 42.5 Å². The quantitative estimate of drug-likeness (QED) is 0.452. The van der Waals surface area contributed by atoms with Gasteiger partial charge in [0, 0.05) is 0 Å². The number of nitrogens with one attached hydrogen (secondary N) is 1. The molecule has 0 spiro atoms. The van der Waals surface area contributed by atoms with Crippen LogP contribution in [0.4, 0.5) is 4.79 Å². The SMILES string of the molecule is Cc1cccc(C)c1OCCOC(=O)c1ccc(CN2C(=O)CNC2=O)cc1. The van der Waals surface area contributed by atoms with Crippen molar-refractivity contribution >= 4 is 17.9 Å². The van der Waals surface area contributed by atoms with Crippen molar-refractivity contribution < 1.29 is 23.9 Å². The molecule has 1 aliphatic heterocycles. The lowest BCUT2D eigenvalue weighted by atomic mass is 10.1. The number of amides is 3. The van der Waals surface area contributed by atoms with E-state index >= 15 is 0 Å². The topological polar surface area (TPSA) is 84.9 Å². The molecule has 0 bridgehead atoms. The first-order valence-electron chi connectivity index (χ1n) is 8.99. The minimum Gasteiger partial charge on any atom is -0.489 e. The van der Waals surface area contributed by atoms with E-state index in [1.54, 1.807) is 24.3 Å². The number of hydrogen-bond acceptors (Lipinski definition) is 5. The molecule has 1 saturated heterocycles. The molecule has 0 saturated carbocycles. The number of benzene rings is 2. The fourth-order valence-electron chi connectivity index (χ4n) is 2.93. The third-order valence-corrected chi connectivity index (χ3v) is 4.44. The number of hydrogen-bond donors (Lipinski definition) is 1. The van der Waals surface area contributed by atoms with E-state index in [1.165, 1.54) is 0 Å². The summed E-state index contributed by atoms with van der Waals surface area (Å²) in [7, 11) is 0. The van der Waals surface area contributed by atoms with E-state index in [-0.39, 0.29) is 32.2 Å². The number of aryl methyl sites for hydroxylation is 2. The van der Waals surface area contributed by atoms with Crippen molar-refractivity contribution in [3.8, 4) is 5.75 Å². The maximum atomic E-state index is 12.1. The summed E-state index contributed by atoms with van der Waals surface area (Å²) in [5, 5.41) is 2.47. The number of ether oxygens (including phenoxy) is 2. The molecule has 0 aliphatic carbocycles. The Kier molecular flexibility index (Phi) is 5.93. The summed E-state index contributed by atoms with van der Waals surface area (Å²) in [6, 6.07) is 12.1. The largest absolute Gasteiger partial charge is 0.489 e. The highest BCUT2D eigenvalue weighted by Gasteiger charge is 2.28. The van der Waals surface area contributed by atoms with E-state index in [1.807, 2.05) is 32.0 Å². The van der Waals surface area contributed by atoms with Crippen molar-refractivity contribution in [2.45, 2.75) is 20.4 Å². The Hall–Kier alpha value is -3.35. The summed E-state index contributed by atoms with van der Waals surface area (Å²) in [6.07, 6.45) is 0. The lowest BCUT2D eigenvalue weighted by molar-refractivity contribution is -0.125. The first kappa shape index (κ1) is 19.4. The van der Waals surface area contributed by atoms with Gasteiger partial charge in [-0.05, 0) is 42.7 Å². The second kappa shape index (κ2) is 8.56. The van der Waals surface area contributed by atoms with Crippen LogP contribution in [0.25, 0.3) is 0 Å². The first-order valence-corrected chi connectivity index (χ1v) is 8.99. The van der Waals surface area contributed by atoms with Crippen LogP contribution in [0.3, 0.4) is 0 Å². The minimum absolute atomic E-state index is 0.0212. The van der Waals surface area contributed by atoms with Crippen LogP contribution in [0.1, 0.15) is 27.0 Å². The van der Waals surface area contributed by atoms with E-state index in [0.29, 0.717) is 5.56 Å². The zero-order chi connectivity index (χ0) is 20.1. The monoisotopic (exact) mass is 382 g/mol. The molecule has 1 aliphatic rings. The Balaban J connectivity index is 1.48. The summed E-state index contributed by atoms with van der Waals surface area (Å²) in [5.74, 6) is 0.0902. The van der Waals surface area contributed by atoms with E-state index < -0.39 is 12.0 Å². The Morgan fingerprint density at radius 3 is 2.32 bits per heavy atom. The first-order chi connectivity index (χ1) is 13.5. The third-order valence-electron chi connectivity index (χ3n) is 4.44. The lowest BCUT2D eigenvalue weighted by Gasteiger charge is -2.13. The van der Waals surface area contributed by atoms with Gasteiger partial charge in [-0.1, -0.05) is 30.3 Å². The number of imide groups is 1. The highest BCUT2D eigenvalue weighted by molar-refractivity contribution is 6.01. The van der Waals surface area contributed by atoms with Gasteiger partial charge in [-0.25, -0.2) is 9.59 Å². The Morgan fingerprint density at radius 1 is 1.04 bits per heavy atom. The van der Waals surface area contributed by atoms with Gasteiger partial charge in [-0.15, -0.1) is 0 Å². The molecule has 0 radical (unpaired) electrons. The molecule has 7 heteroatoms. The van der Waals surface area contributed by atoms with E-state index in [4.69, 9.17) is 9.47 Å². The van der Waals surface area contributed by atoms with E-state index in [9.17, 15) is 14.4 Å². The number of carbonyl (C=O) groups is 3. The third kappa shape index (κ3) is 4.49. The van der Waals surface area contributed by atoms with Crippen LogP contribution in [-0.2, 0) is 16.1 Å². The van der Waals surface area contributed by atoms with Crippen LogP contribution < -0.4 is 10.1 Å².